The number of pyridine rings is 2. The molecule has 1 aliphatic heterocycles. The molecule has 2 aromatic rings. The average Bonchev–Trinajstić information content (AvgIpc) is 3.05. The Bertz CT molecular complexity index is 857. The average molecular weight is 439 g/mol. The number of hydrogen-bond acceptors (Lipinski definition) is 6. The molecule has 4 rings (SSSR count). The number of aliphatic hydroxyl groups is 1. The fourth-order valence-corrected chi connectivity index (χ4v) is 4.83. The van der Waals surface area contributed by atoms with Crippen molar-refractivity contribution in [1.82, 2.24) is 15.3 Å². The SMILES string of the molecule is CC(C)c1ccc(N2CCNC(CC(C)c3cccc(O[C@H]4CCC[C@@H]4O)n3)CC2)cn1. The molecule has 0 spiro atoms. The summed E-state index contributed by atoms with van der Waals surface area (Å²) >= 11 is 0. The predicted molar refractivity (Wildman–Crippen MR) is 128 cm³/mol. The van der Waals surface area contributed by atoms with E-state index in [1.54, 1.807) is 0 Å². The molecule has 0 bridgehead atoms. The first-order valence-electron chi connectivity index (χ1n) is 12.3. The van der Waals surface area contributed by atoms with Gasteiger partial charge in [-0.25, -0.2) is 4.98 Å². The lowest BCUT2D eigenvalue weighted by Crippen LogP contribution is -2.31. The molecule has 32 heavy (non-hydrogen) atoms. The van der Waals surface area contributed by atoms with Crippen LogP contribution in [-0.4, -0.2) is 53.0 Å². The molecule has 1 saturated carbocycles. The molecule has 2 fully saturated rings. The molecule has 2 unspecified atom stereocenters. The van der Waals surface area contributed by atoms with Crippen LogP contribution in [0, 0.1) is 0 Å². The number of aromatic nitrogens is 2. The normalized spacial score (nSPS) is 25.0. The molecule has 0 aromatic carbocycles. The number of nitrogens with zero attached hydrogens (tertiary/aromatic N) is 3. The highest BCUT2D eigenvalue weighted by Gasteiger charge is 2.27. The van der Waals surface area contributed by atoms with E-state index in [0.29, 0.717) is 23.8 Å². The summed E-state index contributed by atoms with van der Waals surface area (Å²) in [4.78, 5) is 11.8. The molecule has 2 N–H and O–H groups in total. The highest BCUT2D eigenvalue weighted by Crippen LogP contribution is 2.27. The molecular weight excluding hydrogens is 400 g/mol. The van der Waals surface area contributed by atoms with Crippen LogP contribution in [0.3, 0.4) is 0 Å². The Morgan fingerprint density at radius 3 is 2.69 bits per heavy atom. The van der Waals surface area contributed by atoms with Gasteiger partial charge in [0.1, 0.15) is 6.10 Å². The van der Waals surface area contributed by atoms with Gasteiger partial charge in [-0.3, -0.25) is 4.98 Å². The fraction of sp³-hybridized carbons (Fsp3) is 0.615. The van der Waals surface area contributed by atoms with E-state index in [4.69, 9.17) is 9.72 Å². The summed E-state index contributed by atoms with van der Waals surface area (Å²) in [7, 11) is 0. The molecule has 6 heteroatoms. The van der Waals surface area contributed by atoms with Crippen molar-refractivity contribution in [1.29, 1.82) is 0 Å². The third kappa shape index (κ3) is 5.78. The second-order valence-corrected chi connectivity index (χ2v) is 9.71. The third-order valence-electron chi connectivity index (χ3n) is 6.87. The summed E-state index contributed by atoms with van der Waals surface area (Å²) in [5, 5.41) is 13.8. The number of aliphatic hydroxyl groups excluding tert-OH is 1. The van der Waals surface area contributed by atoms with Crippen molar-refractivity contribution < 1.29 is 9.84 Å². The van der Waals surface area contributed by atoms with Crippen LogP contribution in [0.25, 0.3) is 0 Å². The van der Waals surface area contributed by atoms with Crippen LogP contribution in [0.4, 0.5) is 5.69 Å². The van der Waals surface area contributed by atoms with Gasteiger partial charge >= 0.3 is 0 Å². The molecule has 6 nitrogen and oxygen atoms in total. The minimum atomic E-state index is -0.368. The van der Waals surface area contributed by atoms with Crippen molar-refractivity contribution in [3.63, 3.8) is 0 Å². The van der Waals surface area contributed by atoms with E-state index >= 15 is 0 Å². The minimum absolute atomic E-state index is 0.119. The zero-order valence-corrected chi connectivity index (χ0v) is 19.7. The van der Waals surface area contributed by atoms with E-state index in [0.717, 1.165) is 63.1 Å². The molecule has 1 saturated heterocycles. The summed E-state index contributed by atoms with van der Waals surface area (Å²) < 4.78 is 5.99. The van der Waals surface area contributed by atoms with Crippen molar-refractivity contribution in [2.24, 2.45) is 0 Å². The van der Waals surface area contributed by atoms with Crippen LogP contribution >= 0.6 is 0 Å². The van der Waals surface area contributed by atoms with E-state index in [1.807, 2.05) is 18.3 Å². The van der Waals surface area contributed by atoms with Crippen molar-refractivity contribution >= 4 is 5.69 Å². The van der Waals surface area contributed by atoms with Crippen molar-refractivity contribution in [2.45, 2.75) is 83.0 Å². The van der Waals surface area contributed by atoms with Crippen LogP contribution < -0.4 is 15.0 Å². The first-order chi connectivity index (χ1) is 15.5. The summed E-state index contributed by atoms with van der Waals surface area (Å²) in [6.07, 6.45) is 6.42. The molecule has 1 aliphatic carbocycles. The van der Waals surface area contributed by atoms with Crippen LogP contribution in [0.2, 0.25) is 0 Å². The van der Waals surface area contributed by atoms with E-state index in [9.17, 15) is 5.11 Å². The molecule has 0 amide bonds. The Kier molecular flexibility index (Phi) is 7.63. The molecule has 4 atom stereocenters. The Labute approximate surface area is 192 Å². The van der Waals surface area contributed by atoms with Gasteiger partial charge in [-0.2, -0.15) is 0 Å². The highest BCUT2D eigenvalue weighted by atomic mass is 16.5. The van der Waals surface area contributed by atoms with E-state index < -0.39 is 0 Å². The molecule has 2 aromatic heterocycles. The van der Waals surface area contributed by atoms with Gasteiger partial charge < -0.3 is 20.1 Å². The Hall–Kier alpha value is -2.18. The summed E-state index contributed by atoms with van der Waals surface area (Å²) in [5.74, 6) is 1.43. The Balaban J connectivity index is 1.32. The van der Waals surface area contributed by atoms with Crippen LogP contribution in [0.1, 0.15) is 76.1 Å². The molecular formula is C26H38N4O2. The van der Waals surface area contributed by atoms with Crippen molar-refractivity contribution in [3.8, 4) is 5.88 Å². The Morgan fingerprint density at radius 1 is 1.09 bits per heavy atom. The fourth-order valence-electron chi connectivity index (χ4n) is 4.83. The highest BCUT2D eigenvalue weighted by molar-refractivity contribution is 5.45. The van der Waals surface area contributed by atoms with E-state index in [-0.39, 0.29) is 12.2 Å². The van der Waals surface area contributed by atoms with E-state index in [1.165, 1.54) is 5.69 Å². The second-order valence-electron chi connectivity index (χ2n) is 9.71. The number of nitrogens with one attached hydrogen (secondary N) is 1. The summed E-state index contributed by atoms with van der Waals surface area (Å²) in [6.45, 7) is 9.60. The zero-order chi connectivity index (χ0) is 22.5. The van der Waals surface area contributed by atoms with Crippen LogP contribution in [-0.2, 0) is 0 Å². The lowest BCUT2D eigenvalue weighted by atomic mass is 9.96. The van der Waals surface area contributed by atoms with Gasteiger partial charge in [-0.15, -0.1) is 0 Å². The van der Waals surface area contributed by atoms with Gasteiger partial charge in [0.05, 0.1) is 18.0 Å². The molecule has 174 valence electrons. The first kappa shape index (κ1) is 23.0. The van der Waals surface area contributed by atoms with Gasteiger partial charge in [-0.05, 0) is 62.1 Å². The third-order valence-corrected chi connectivity index (χ3v) is 6.87. The zero-order valence-electron chi connectivity index (χ0n) is 19.7. The van der Waals surface area contributed by atoms with E-state index in [2.05, 4.69) is 54.2 Å². The lowest BCUT2D eigenvalue weighted by molar-refractivity contribution is 0.0572. The van der Waals surface area contributed by atoms with Gasteiger partial charge in [0.25, 0.3) is 0 Å². The van der Waals surface area contributed by atoms with Crippen molar-refractivity contribution in [3.05, 3.63) is 47.9 Å². The lowest BCUT2D eigenvalue weighted by Gasteiger charge is -2.23. The van der Waals surface area contributed by atoms with Gasteiger partial charge in [-0.1, -0.05) is 26.8 Å². The minimum Gasteiger partial charge on any atom is -0.472 e. The molecule has 0 radical (unpaired) electrons. The van der Waals surface area contributed by atoms with Gasteiger partial charge in [0.15, 0.2) is 0 Å². The van der Waals surface area contributed by atoms with Crippen LogP contribution in [0.15, 0.2) is 36.5 Å². The maximum absolute atomic E-state index is 10.0. The number of anilines is 1. The van der Waals surface area contributed by atoms with Gasteiger partial charge in [0, 0.05) is 43.1 Å². The topological polar surface area (TPSA) is 70.5 Å². The maximum atomic E-state index is 10.0. The second kappa shape index (κ2) is 10.6. The predicted octanol–water partition coefficient (Wildman–Crippen LogP) is 4.25. The Morgan fingerprint density at radius 2 is 1.97 bits per heavy atom. The summed E-state index contributed by atoms with van der Waals surface area (Å²) in [6, 6.07) is 10.8. The number of rotatable bonds is 7. The standard InChI is InChI=1S/C26H38N4O2/c1-18(2)22-11-10-21(17-28-22)30-14-12-20(27-13-15-30)16-19(3)23-6-4-9-26(29-23)32-25-8-5-7-24(25)31/h4,6,9-11,17-20,24-25,27,31H,5,7-8,12-16H2,1-3H3/t19?,20?,24-,25-/m0/s1. The van der Waals surface area contributed by atoms with Crippen LogP contribution in [0.5, 0.6) is 5.88 Å². The monoisotopic (exact) mass is 438 g/mol. The van der Waals surface area contributed by atoms with Crippen molar-refractivity contribution in [2.75, 3.05) is 24.5 Å². The number of ether oxygens (including phenoxy) is 1. The maximum Gasteiger partial charge on any atom is 0.213 e. The molecule has 2 aliphatic rings. The molecule has 3 heterocycles. The van der Waals surface area contributed by atoms with Gasteiger partial charge in [0.2, 0.25) is 5.88 Å². The number of hydrogen-bond donors (Lipinski definition) is 2. The summed E-state index contributed by atoms with van der Waals surface area (Å²) in [5.41, 5.74) is 3.42. The largest absolute Gasteiger partial charge is 0.472 e. The first-order valence-corrected chi connectivity index (χ1v) is 12.3. The smallest absolute Gasteiger partial charge is 0.213 e. The quantitative estimate of drug-likeness (QED) is 0.673.